The minimum Gasteiger partial charge on any atom is -0.274 e. The second kappa shape index (κ2) is 7.36. The first kappa shape index (κ1) is 16.3. The minimum atomic E-state index is -0.0279. The van der Waals surface area contributed by atoms with Crippen molar-refractivity contribution >= 4 is 17.2 Å². The zero-order chi connectivity index (χ0) is 16.9. The van der Waals surface area contributed by atoms with Gasteiger partial charge in [-0.15, -0.1) is 11.3 Å². The lowest BCUT2D eigenvalue weighted by Crippen LogP contribution is -2.28. The largest absolute Gasteiger partial charge is 0.274 e. The highest BCUT2D eigenvalue weighted by Crippen LogP contribution is 2.23. The summed E-state index contributed by atoms with van der Waals surface area (Å²) < 4.78 is 1.60. The van der Waals surface area contributed by atoms with Crippen molar-refractivity contribution in [3.8, 4) is 10.6 Å². The molecule has 0 saturated heterocycles. The highest BCUT2D eigenvalue weighted by atomic mass is 32.1. The summed E-state index contributed by atoms with van der Waals surface area (Å²) in [7, 11) is 0. The molecule has 1 aromatic carbocycles. The van der Waals surface area contributed by atoms with Gasteiger partial charge in [-0.25, -0.2) is 4.98 Å². The van der Waals surface area contributed by atoms with E-state index >= 15 is 0 Å². The number of carbonyl (C=O) groups excluding carboxylic acids is 1. The predicted octanol–water partition coefficient (Wildman–Crippen LogP) is 3.80. The lowest BCUT2D eigenvalue weighted by atomic mass is 10.2. The van der Waals surface area contributed by atoms with Crippen molar-refractivity contribution in [1.82, 2.24) is 9.55 Å². The zero-order valence-electron chi connectivity index (χ0n) is 13.7. The smallest absolute Gasteiger partial charge is 0.238 e. The van der Waals surface area contributed by atoms with Gasteiger partial charge in [0.2, 0.25) is 5.91 Å². The van der Waals surface area contributed by atoms with E-state index in [1.165, 1.54) is 0 Å². The summed E-state index contributed by atoms with van der Waals surface area (Å²) in [4.78, 5) is 21.7. The van der Waals surface area contributed by atoms with Gasteiger partial charge in [0.05, 0.1) is 12.1 Å². The minimum absolute atomic E-state index is 0.0279. The molecule has 0 amide bonds. The second-order valence-corrected chi connectivity index (χ2v) is 6.59. The average molecular weight is 337 g/mol. The van der Waals surface area contributed by atoms with E-state index in [0.29, 0.717) is 5.49 Å². The molecule has 0 N–H and O–H groups in total. The summed E-state index contributed by atoms with van der Waals surface area (Å²) in [5.74, 6) is -0.0279. The van der Waals surface area contributed by atoms with E-state index in [1.807, 2.05) is 67.8 Å². The molecule has 0 fully saturated rings. The first-order chi connectivity index (χ1) is 11.6. The number of nitrogens with zero attached hydrogens (tertiary/aromatic N) is 3. The van der Waals surface area contributed by atoms with Gasteiger partial charge in [-0.05, 0) is 26.0 Å². The van der Waals surface area contributed by atoms with Crippen LogP contribution >= 0.6 is 11.3 Å². The number of carbonyl (C=O) groups is 1. The van der Waals surface area contributed by atoms with Crippen molar-refractivity contribution in [2.45, 2.75) is 26.3 Å². The summed E-state index contributed by atoms with van der Waals surface area (Å²) >= 11 is 1.56. The third-order valence-electron chi connectivity index (χ3n) is 3.40. The first-order valence-electron chi connectivity index (χ1n) is 7.88. The molecule has 3 rings (SSSR count). The molecule has 0 aliphatic heterocycles. The van der Waals surface area contributed by atoms with Crippen molar-refractivity contribution in [3.63, 3.8) is 0 Å². The maximum Gasteiger partial charge on any atom is 0.238 e. The van der Waals surface area contributed by atoms with Crippen LogP contribution in [-0.4, -0.2) is 21.5 Å². The Labute approximate surface area is 145 Å². The van der Waals surface area contributed by atoms with E-state index in [1.54, 1.807) is 22.1 Å². The molecule has 0 spiro atoms. The quantitative estimate of drug-likeness (QED) is 0.727. The van der Waals surface area contributed by atoms with Crippen molar-refractivity contribution in [1.29, 1.82) is 0 Å². The van der Waals surface area contributed by atoms with Gasteiger partial charge in [-0.2, -0.15) is 0 Å². The van der Waals surface area contributed by atoms with Gasteiger partial charge in [0.1, 0.15) is 10.5 Å². The third-order valence-corrected chi connectivity index (χ3v) is 4.34. The van der Waals surface area contributed by atoms with Crippen LogP contribution in [0.2, 0.25) is 0 Å². The second-order valence-electron chi connectivity index (χ2n) is 5.73. The Morgan fingerprint density at radius 2 is 1.92 bits per heavy atom. The molecule has 0 saturated carbocycles. The monoisotopic (exact) mass is 337 g/mol. The number of hydrogen-bond acceptors (Lipinski definition) is 4. The maximum absolute atomic E-state index is 12.6. The van der Waals surface area contributed by atoms with Gasteiger partial charge in [0, 0.05) is 23.2 Å². The van der Waals surface area contributed by atoms with E-state index in [4.69, 9.17) is 0 Å². The topological polar surface area (TPSA) is 47.2 Å². The molecule has 0 bridgehead atoms. The fourth-order valence-electron chi connectivity index (χ4n) is 2.36. The number of thiazole rings is 1. The Morgan fingerprint density at radius 3 is 2.67 bits per heavy atom. The molecule has 2 heterocycles. The van der Waals surface area contributed by atoms with Gasteiger partial charge in [0.25, 0.3) is 0 Å². The highest BCUT2D eigenvalue weighted by molar-refractivity contribution is 7.13. The zero-order valence-corrected chi connectivity index (χ0v) is 14.5. The van der Waals surface area contributed by atoms with Gasteiger partial charge < -0.3 is 0 Å². The molecule has 0 radical (unpaired) electrons. The highest BCUT2D eigenvalue weighted by Gasteiger charge is 2.11. The molecule has 24 heavy (non-hydrogen) atoms. The molecule has 0 unspecified atom stereocenters. The van der Waals surface area contributed by atoms with Crippen molar-refractivity contribution < 1.29 is 4.79 Å². The van der Waals surface area contributed by atoms with Crippen LogP contribution in [0.4, 0.5) is 0 Å². The Balaban J connectivity index is 1.83. The van der Waals surface area contributed by atoms with Crippen LogP contribution in [0.3, 0.4) is 0 Å². The van der Waals surface area contributed by atoms with E-state index in [0.717, 1.165) is 16.3 Å². The molecule has 0 aliphatic rings. The van der Waals surface area contributed by atoms with Crippen LogP contribution in [0.25, 0.3) is 10.6 Å². The maximum atomic E-state index is 12.6. The number of hydrogen-bond donors (Lipinski definition) is 0. The van der Waals surface area contributed by atoms with Crippen LogP contribution in [0.1, 0.15) is 24.3 Å². The summed E-state index contributed by atoms with van der Waals surface area (Å²) in [6, 6.07) is 15.7. The Bertz CT molecular complexity index is 894. The van der Waals surface area contributed by atoms with Gasteiger partial charge in [-0.3, -0.25) is 14.4 Å². The molecular weight excluding hydrogens is 318 g/mol. The molecule has 122 valence electrons. The SMILES string of the molecule is CC(C)N=c1ccccn1C(=O)Cc1csc(-c2ccccc2)n1. The van der Waals surface area contributed by atoms with Crippen molar-refractivity contribution in [2.75, 3.05) is 0 Å². The Morgan fingerprint density at radius 1 is 1.17 bits per heavy atom. The first-order valence-corrected chi connectivity index (χ1v) is 8.76. The molecule has 0 atom stereocenters. The molecule has 3 aromatic rings. The molecular formula is C19H19N3OS. The van der Waals surface area contributed by atoms with Crippen LogP contribution < -0.4 is 5.49 Å². The van der Waals surface area contributed by atoms with Crippen LogP contribution in [-0.2, 0) is 6.42 Å². The van der Waals surface area contributed by atoms with E-state index in [-0.39, 0.29) is 18.4 Å². The summed E-state index contributed by atoms with van der Waals surface area (Å²) in [5.41, 5.74) is 2.54. The Kier molecular flexibility index (Phi) is 5.01. The van der Waals surface area contributed by atoms with E-state index in [9.17, 15) is 4.79 Å². The lowest BCUT2D eigenvalue weighted by Gasteiger charge is -2.06. The van der Waals surface area contributed by atoms with Gasteiger partial charge >= 0.3 is 0 Å². The third kappa shape index (κ3) is 3.86. The normalized spacial score (nSPS) is 11.9. The molecule has 0 aliphatic carbocycles. The van der Waals surface area contributed by atoms with Crippen LogP contribution in [0.15, 0.2) is 65.1 Å². The fourth-order valence-corrected chi connectivity index (χ4v) is 3.18. The standard InChI is InChI=1S/C19H19N3OS/c1-14(2)20-17-10-6-7-11-22(17)18(23)12-16-13-24-19(21-16)15-8-4-3-5-9-15/h3-11,13-14H,12H2,1-2H3. The lowest BCUT2D eigenvalue weighted by molar-refractivity contribution is 0.0907. The number of rotatable bonds is 4. The summed E-state index contributed by atoms with van der Waals surface area (Å²) in [5, 5.41) is 2.88. The van der Waals surface area contributed by atoms with Gasteiger partial charge in [-0.1, -0.05) is 36.4 Å². The number of pyridine rings is 1. The van der Waals surface area contributed by atoms with E-state index < -0.39 is 0 Å². The van der Waals surface area contributed by atoms with Gasteiger partial charge in [0.15, 0.2) is 0 Å². The fraction of sp³-hybridized carbons (Fsp3) is 0.211. The molecule has 4 nitrogen and oxygen atoms in total. The Hall–Kier alpha value is -2.53. The van der Waals surface area contributed by atoms with Crippen LogP contribution in [0.5, 0.6) is 0 Å². The number of benzene rings is 1. The number of aromatic nitrogens is 2. The predicted molar refractivity (Wildman–Crippen MR) is 97.0 cm³/mol. The van der Waals surface area contributed by atoms with E-state index in [2.05, 4.69) is 9.98 Å². The van der Waals surface area contributed by atoms with Crippen molar-refractivity contribution in [2.24, 2.45) is 4.99 Å². The van der Waals surface area contributed by atoms with Crippen LogP contribution in [0, 0.1) is 0 Å². The molecule has 5 heteroatoms. The summed E-state index contributed by atoms with van der Waals surface area (Å²) in [6.07, 6.45) is 2.02. The summed E-state index contributed by atoms with van der Waals surface area (Å²) in [6.45, 7) is 3.99. The van der Waals surface area contributed by atoms with Crippen molar-refractivity contribution in [3.05, 3.63) is 71.3 Å². The average Bonchev–Trinajstić information content (AvgIpc) is 3.04. The molecule has 2 aromatic heterocycles.